The first kappa shape index (κ1) is 126. The van der Waals surface area contributed by atoms with Crippen molar-refractivity contribution in [3.05, 3.63) is 137 Å². The van der Waals surface area contributed by atoms with Crippen molar-refractivity contribution in [1.29, 1.82) is 5.26 Å². The number of rotatable bonds is 39. The number of piperidine rings is 3. The van der Waals surface area contributed by atoms with Gasteiger partial charge in [0.2, 0.25) is 0 Å². The number of methoxy groups -OCH3 is 3. The molecule has 3 heterocycles. The topological polar surface area (TPSA) is 376 Å². The number of nitrogens with one attached hydrogen (secondary N) is 8. The van der Waals surface area contributed by atoms with E-state index in [-0.39, 0.29) is 115 Å². The first-order chi connectivity index (χ1) is 67.2. The molecule has 0 spiro atoms. The van der Waals surface area contributed by atoms with Crippen LogP contribution in [-0.4, -0.2) is 260 Å². The van der Waals surface area contributed by atoms with Crippen molar-refractivity contribution in [2.45, 2.75) is 262 Å². The molecule has 3 aliphatic carbocycles. The highest BCUT2D eigenvalue weighted by Crippen LogP contribution is 2.46. The molecule has 9 atom stereocenters. The maximum absolute atomic E-state index is 15.3. The van der Waals surface area contributed by atoms with Gasteiger partial charge < -0.3 is 106 Å². The highest BCUT2D eigenvalue weighted by molar-refractivity contribution is 6.31. The Morgan fingerprint density at radius 3 is 1.15 bits per heavy atom. The Hall–Kier alpha value is -8.55. The van der Waals surface area contributed by atoms with E-state index in [2.05, 4.69) is 94.2 Å². The first-order valence-corrected chi connectivity index (χ1v) is 51.6. The molecule has 8 amide bonds. The standard InChI is InChI=1S/C29H45ClF2N4O4.C28H43ClF2N4O4.C18H27N3O4.C17H23ClF2N2O3.C8H20N.C2H3N.FH/c1-35(2)19-22(17-20-9-5-4-6-10-20)34-27(37)36-16-7-11-21(18-36)29(39,14-8-15-33-28(38)40-3)23-12-13-24(31)25(30)26(23)32;1-32-17-21(16-19-8-4-3-5-9-19)34-26(36)35-15-6-10-20(18-35)28(38,13-7-14-33-27(37)39-2)22-11-12-23(30)24(29)25(22)31;1-20(2)13-15(12-14-6-4-3-5-7-14)19-18(22)25-17-10-8-16(9-11-17)21(23)24;1-25-16(23)22-9-3-7-17(24,11-4-2-8-21-10-11)12-5-6-13(19)14(18)15(12)20;1-5-9(6-2,7-3)8-4;1-2-3;/h12-13,20-22,39H,4-11,14-19H2,1-3H3,(H,33,38)(H,34,37);11-12,19-21,32,38H,3-10,13-18H2,1-2H3,(H,33,37)(H,34,36);8-11,14-15H,3-7,12-13H2,1-2H3,(H,19,22);5-6,11,21,24H,2-4,7-10H2,1H3,(H,22,23);5-8H2,1-4H3;1H3;1H/q;;;;+1;;/p-1/t21-,22+,29+;20-,21+,28+;15-;11-,17+;;;/m1101.../s1. The molecule has 4 aromatic rings. The normalized spacial score (nSPS) is 18.7. The minimum Gasteiger partial charge on any atom is -1.00 e. The Kier molecular flexibility index (Phi) is 58.3. The van der Waals surface area contributed by atoms with Gasteiger partial charge in [-0.1, -0.05) is 149 Å². The molecule has 0 aromatic heterocycles. The summed E-state index contributed by atoms with van der Waals surface area (Å²) in [6.45, 7) is 21.3. The largest absolute Gasteiger partial charge is 1.00 e. The fraction of sp³-hybridized carbons (Fsp3) is 0.696. The van der Waals surface area contributed by atoms with E-state index in [1.54, 1.807) is 15.9 Å². The number of nitro benzene ring substituents is 1. The second kappa shape index (κ2) is 65.8. The highest BCUT2D eigenvalue weighted by Gasteiger charge is 2.47. The SMILES string of the molecule is CC#N.CC[N+](CC)(CC)CC.CN(C)C[C@H](CC1CCCCC1)NC(=O)Oc1ccc([N+](=O)[O-])cc1.CNC[C@H](CC1CCCCC1)NC(=O)N1CCC[C@@H]([C@@](O)(CCCNC(=O)OC)c2ccc(F)c(Cl)c2F)C1.COC(=O)NCCC[C@@](O)(c1ccc(F)c(Cl)c1F)[C@@H]1CCCN(C(=O)N[C@@H](CC2CCCCC2)CN(C)C)C1.COC(=O)NCCC[C@@](O)(c1ccc(F)c(Cl)c1F)[C@@H]1CCCNC1.[F-]. The average Bonchev–Trinajstić information content (AvgIpc) is 0.767. The number of alkyl carbamates (subject to hydrolysis) is 3. The van der Waals surface area contributed by atoms with Crippen LogP contribution in [0.5, 0.6) is 5.75 Å². The minimum atomic E-state index is -1.73. The number of aliphatic hydroxyl groups is 3. The molecule has 3 saturated carbocycles. The number of non-ortho nitro benzene ring substituents is 1. The first-order valence-electron chi connectivity index (χ1n) is 50.4. The van der Waals surface area contributed by atoms with E-state index in [0.717, 1.165) is 63.5 Å². The number of nitriles is 1. The van der Waals surface area contributed by atoms with Crippen LogP contribution in [0.2, 0.25) is 15.1 Å². The van der Waals surface area contributed by atoms with Crippen LogP contribution >= 0.6 is 34.8 Å². The number of nitrogens with zero attached hydrogens (tertiary/aromatic N) is 7. The summed E-state index contributed by atoms with van der Waals surface area (Å²) in [5.74, 6) is -4.77. The molecular formula is C102H161Cl3F7N15O15. The molecule has 0 bridgehead atoms. The van der Waals surface area contributed by atoms with E-state index < -0.39 is 108 Å². The lowest BCUT2D eigenvalue weighted by molar-refractivity contribution is -0.921. The lowest BCUT2D eigenvalue weighted by atomic mass is 9.74. The van der Waals surface area contributed by atoms with Gasteiger partial charge in [0.05, 0.1) is 75.3 Å². The molecule has 6 fully saturated rings. The van der Waals surface area contributed by atoms with Crippen molar-refractivity contribution in [2.24, 2.45) is 35.5 Å². The summed E-state index contributed by atoms with van der Waals surface area (Å²) in [7, 11) is 13.6. The number of likely N-dealkylation sites (N-methyl/N-ethyl adjacent to an activating group) is 3. The van der Waals surface area contributed by atoms with Crippen molar-refractivity contribution in [3.63, 3.8) is 0 Å². The third kappa shape index (κ3) is 41.0. The van der Waals surface area contributed by atoms with Crippen molar-refractivity contribution < 1.29 is 103 Å². The Balaban J connectivity index is 0.000000385. The van der Waals surface area contributed by atoms with E-state index >= 15 is 8.78 Å². The molecule has 0 unspecified atom stereocenters. The van der Waals surface area contributed by atoms with E-state index in [4.69, 9.17) is 44.8 Å². The second-order valence-corrected chi connectivity index (χ2v) is 39.7. The summed E-state index contributed by atoms with van der Waals surface area (Å²) < 4.78 is 107. The van der Waals surface area contributed by atoms with E-state index in [0.29, 0.717) is 101 Å². The van der Waals surface area contributed by atoms with Gasteiger partial charge in [0.1, 0.15) is 38.3 Å². The van der Waals surface area contributed by atoms with E-state index in [1.807, 2.05) is 35.2 Å². The van der Waals surface area contributed by atoms with E-state index in [9.17, 15) is 71.8 Å². The monoisotopic (exact) mass is 2070 g/mol. The van der Waals surface area contributed by atoms with Gasteiger partial charge in [-0.15, -0.1) is 0 Å². The van der Waals surface area contributed by atoms with Crippen LogP contribution in [0.1, 0.15) is 244 Å². The van der Waals surface area contributed by atoms with Crippen LogP contribution in [-0.2, 0) is 31.0 Å². The molecule has 4 aromatic carbocycles. The third-order valence-corrected chi connectivity index (χ3v) is 29.4. The molecule has 30 nitrogen and oxygen atoms in total. The lowest BCUT2D eigenvalue weighted by Gasteiger charge is -2.43. The minimum absolute atomic E-state index is 0. The zero-order valence-electron chi connectivity index (χ0n) is 85.6. The van der Waals surface area contributed by atoms with Gasteiger partial charge in [-0.2, -0.15) is 5.26 Å². The van der Waals surface area contributed by atoms with Crippen LogP contribution in [0.3, 0.4) is 0 Å². The zero-order chi connectivity index (χ0) is 104. The van der Waals surface area contributed by atoms with Gasteiger partial charge >= 0.3 is 36.4 Å². The summed E-state index contributed by atoms with van der Waals surface area (Å²) in [6.07, 6.45) is 24.3. The molecular weight excluding hydrogens is 1910 g/mol. The predicted octanol–water partition coefficient (Wildman–Crippen LogP) is 16.1. The Labute approximate surface area is 851 Å². The lowest BCUT2D eigenvalue weighted by Crippen LogP contribution is -3.00. The fourth-order valence-corrected chi connectivity index (χ4v) is 20.9. The van der Waals surface area contributed by atoms with Gasteiger partial charge in [-0.05, 0) is 214 Å². The number of nitro groups is 1. The second-order valence-electron chi connectivity index (χ2n) is 38.5. The highest BCUT2D eigenvalue weighted by atomic mass is 35.5. The number of likely N-dealkylation sites (tertiary alicyclic amines) is 2. The van der Waals surface area contributed by atoms with Gasteiger partial charge in [-0.25, -0.2) is 55.1 Å². The summed E-state index contributed by atoms with van der Waals surface area (Å²) >= 11 is 17.5. The summed E-state index contributed by atoms with van der Waals surface area (Å²) in [6, 6.07) is 13.7. The number of halogens is 10. The number of hydrogen-bond donors (Lipinski definition) is 11. The third-order valence-electron chi connectivity index (χ3n) is 28.4. The van der Waals surface area contributed by atoms with Gasteiger partial charge in [-0.3, -0.25) is 10.1 Å². The number of benzene rings is 4. The number of carbonyl (C=O) groups is 6. The Bertz CT molecular complexity index is 4450. The number of urea groups is 2. The van der Waals surface area contributed by atoms with Gasteiger partial charge in [0.15, 0.2) is 17.5 Å². The number of quaternary nitrogens is 1. The molecule has 3 aliphatic heterocycles. The van der Waals surface area contributed by atoms with E-state index in [1.165, 1.54) is 198 Å². The van der Waals surface area contributed by atoms with Crippen LogP contribution in [0.25, 0.3) is 0 Å². The van der Waals surface area contributed by atoms with Gasteiger partial charge in [0, 0.05) is 144 Å². The zero-order valence-corrected chi connectivity index (χ0v) is 87.9. The van der Waals surface area contributed by atoms with Crippen LogP contribution in [0.4, 0.5) is 60.8 Å². The Morgan fingerprint density at radius 2 is 0.845 bits per heavy atom. The molecule has 0 radical (unpaired) electrons. The van der Waals surface area contributed by atoms with Crippen LogP contribution in [0, 0.1) is 91.9 Å². The fourth-order valence-electron chi connectivity index (χ4n) is 20.4. The molecule has 142 heavy (non-hydrogen) atoms. The predicted molar refractivity (Wildman–Crippen MR) is 538 cm³/mol. The average molecular weight is 2080 g/mol. The summed E-state index contributed by atoms with van der Waals surface area (Å²) in [5.41, 5.74) is -5.22. The van der Waals surface area contributed by atoms with Crippen LogP contribution in [0.15, 0.2) is 60.7 Å². The number of ether oxygens (including phenoxy) is 4. The number of hydrogen-bond acceptors (Lipinski definition) is 20. The molecule has 6 aliphatic rings. The molecule has 804 valence electrons. The van der Waals surface area contributed by atoms with Crippen molar-refractivity contribution >= 4 is 76.9 Å². The number of amides is 8. The summed E-state index contributed by atoms with van der Waals surface area (Å²) in [5, 5.41) is 74.7. The van der Waals surface area contributed by atoms with Gasteiger partial charge in [0.25, 0.3) is 5.69 Å². The maximum Gasteiger partial charge on any atom is 0.412 e. The maximum atomic E-state index is 15.3. The Morgan fingerprint density at radius 1 is 0.514 bits per heavy atom. The molecule has 40 heteroatoms. The quantitative estimate of drug-likeness (QED) is 0.00376. The smallest absolute Gasteiger partial charge is 0.412 e. The van der Waals surface area contributed by atoms with Crippen LogP contribution < -0.4 is 52.0 Å². The molecule has 3 saturated heterocycles. The van der Waals surface area contributed by atoms with Crippen molar-refractivity contribution in [1.82, 2.24) is 62.1 Å². The molecule has 11 N–H and O–H groups in total. The van der Waals surface area contributed by atoms with Crippen molar-refractivity contribution in [2.75, 3.05) is 161 Å². The summed E-state index contributed by atoms with van der Waals surface area (Å²) in [4.78, 5) is 90.7. The molecule has 10 rings (SSSR count). The van der Waals surface area contributed by atoms with Crippen molar-refractivity contribution in [3.8, 4) is 11.8 Å². The number of carbonyl (C=O) groups excluding carboxylic acids is 6.